The molecule has 0 fully saturated rings. The van der Waals surface area contributed by atoms with Gasteiger partial charge >= 0.3 is 17.9 Å². The molecule has 0 N–H and O–H groups in total. The number of ether oxygens (including phenoxy) is 3. The monoisotopic (exact) mass is 1050 g/mol. The lowest BCUT2D eigenvalue weighted by molar-refractivity contribution is -0.166. The number of allylic oxidation sites excluding steroid dienone is 22. The Morgan fingerprint density at radius 1 is 0.276 bits per heavy atom. The summed E-state index contributed by atoms with van der Waals surface area (Å²) < 4.78 is 16.8. The molecule has 0 amide bonds. The largest absolute Gasteiger partial charge is 0.462 e. The van der Waals surface area contributed by atoms with Crippen molar-refractivity contribution >= 4 is 17.9 Å². The molecule has 0 aliphatic heterocycles. The van der Waals surface area contributed by atoms with E-state index in [9.17, 15) is 14.4 Å². The van der Waals surface area contributed by atoms with Crippen molar-refractivity contribution in [2.75, 3.05) is 13.2 Å². The molecule has 0 aliphatic rings. The number of esters is 3. The lowest BCUT2D eigenvalue weighted by Gasteiger charge is -2.18. The smallest absolute Gasteiger partial charge is 0.306 e. The molecule has 1 unspecified atom stereocenters. The molecule has 6 nitrogen and oxygen atoms in total. The maximum absolute atomic E-state index is 12.9. The van der Waals surface area contributed by atoms with Crippen LogP contribution in [0.15, 0.2) is 134 Å². The van der Waals surface area contributed by atoms with Crippen molar-refractivity contribution in [1.29, 1.82) is 0 Å². The highest BCUT2D eigenvalue weighted by atomic mass is 16.6. The maximum atomic E-state index is 12.9. The van der Waals surface area contributed by atoms with Crippen molar-refractivity contribution in [2.24, 2.45) is 0 Å². The van der Waals surface area contributed by atoms with E-state index < -0.39 is 6.10 Å². The molecule has 76 heavy (non-hydrogen) atoms. The summed E-state index contributed by atoms with van der Waals surface area (Å²) in [6.45, 7) is 6.34. The van der Waals surface area contributed by atoms with Crippen LogP contribution in [-0.4, -0.2) is 37.2 Å². The highest BCUT2D eigenvalue weighted by Gasteiger charge is 2.19. The first-order valence-corrected chi connectivity index (χ1v) is 31.2. The topological polar surface area (TPSA) is 78.9 Å². The van der Waals surface area contributed by atoms with Crippen molar-refractivity contribution in [3.8, 4) is 0 Å². The molecule has 0 aliphatic carbocycles. The van der Waals surface area contributed by atoms with E-state index in [1.54, 1.807) is 0 Å². The van der Waals surface area contributed by atoms with Crippen molar-refractivity contribution < 1.29 is 28.6 Å². The lowest BCUT2D eigenvalue weighted by Crippen LogP contribution is -2.30. The van der Waals surface area contributed by atoms with E-state index in [0.717, 1.165) is 116 Å². The summed E-state index contributed by atoms with van der Waals surface area (Å²) in [4.78, 5) is 38.2. The molecule has 6 heteroatoms. The van der Waals surface area contributed by atoms with Crippen LogP contribution in [0.4, 0.5) is 0 Å². The van der Waals surface area contributed by atoms with Gasteiger partial charge < -0.3 is 14.2 Å². The average molecular weight is 1050 g/mol. The van der Waals surface area contributed by atoms with Gasteiger partial charge in [-0.25, -0.2) is 0 Å². The van der Waals surface area contributed by atoms with Crippen molar-refractivity contribution in [3.63, 3.8) is 0 Å². The lowest BCUT2D eigenvalue weighted by atomic mass is 10.0. The Hall–Kier alpha value is -4.45. The summed E-state index contributed by atoms with van der Waals surface area (Å²) in [5.41, 5.74) is 0. The van der Waals surface area contributed by atoms with E-state index in [0.29, 0.717) is 19.3 Å². The van der Waals surface area contributed by atoms with Gasteiger partial charge in [0.1, 0.15) is 13.2 Å². The standard InChI is InChI=1S/C70H114O6/c1-4-7-10-13-16-19-22-25-27-28-29-30-31-32-33-34-35-36-37-38-39-40-41-42-43-46-48-51-54-57-60-63-69(72)75-66-67(65-74-68(71)62-59-56-53-50-47-44-24-21-18-15-12-9-6-3)76-70(73)64-61-58-55-52-49-45-26-23-20-17-14-11-8-5-2/h7,9-10,12,16,18-19,21,25,27,29-30,32-33,35-36,38-39,44,47,53,56,67H,4-6,8,11,13-15,17,20,22-24,26,28,31,34,37,40-43,45-46,48-52,54-55,57-66H2,1-3H3/b10-7-,12-9-,19-16-,21-18-,27-25-,30-29-,33-32-,36-35-,39-38-,47-44-,56-53-. The van der Waals surface area contributed by atoms with Gasteiger partial charge in [0.25, 0.3) is 0 Å². The predicted molar refractivity (Wildman–Crippen MR) is 329 cm³/mol. The zero-order chi connectivity index (χ0) is 55.0. The van der Waals surface area contributed by atoms with Crippen molar-refractivity contribution in [3.05, 3.63) is 134 Å². The fraction of sp³-hybridized carbons (Fsp3) is 0.643. The first kappa shape index (κ1) is 71.5. The third kappa shape index (κ3) is 60.4. The number of hydrogen-bond acceptors (Lipinski definition) is 6. The van der Waals surface area contributed by atoms with Gasteiger partial charge in [-0.05, 0) is 103 Å². The van der Waals surface area contributed by atoms with E-state index in [1.807, 2.05) is 6.08 Å². The fourth-order valence-corrected chi connectivity index (χ4v) is 8.32. The van der Waals surface area contributed by atoms with Crippen LogP contribution in [0.25, 0.3) is 0 Å². The molecule has 0 radical (unpaired) electrons. The quantitative estimate of drug-likeness (QED) is 0.0261. The second kappa shape index (κ2) is 63.1. The first-order valence-electron chi connectivity index (χ1n) is 31.2. The molecule has 0 spiro atoms. The Morgan fingerprint density at radius 3 is 0.882 bits per heavy atom. The van der Waals surface area contributed by atoms with Gasteiger partial charge in [0.15, 0.2) is 6.10 Å². The molecule has 0 saturated carbocycles. The molecule has 430 valence electrons. The summed E-state index contributed by atoms with van der Waals surface area (Å²) in [6, 6.07) is 0. The van der Waals surface area contributed by atoms with Gasteiger partial charge in [0, 0.05) is 19.3 Å². The minimum atomic E-state index is -0.811. The van der Waals surface area contributed by atoms with Crippen LogP contribution in [-0.2, 0) is 28.6 Å². The van der Waals surface area contributed by atoms with Crippen molar-refractivity contribution in [2.45, 2.75) is 277 Å². The zero-order valence-electron chi connectivity index (χ0n) is 49.2. The van der Waals surface area contributed by atoms with E-state index in [1.165, 1.54) is 109 Å². The maximum Gasteiger partial charge on any atom is 0.306 e. The average Bonchev–Trinajstić information content (AvgIpc) is 3.42. The van der Waals surface area contributed by atoms with Crippen LogP contribution in [0.2, 0.25) is 0 Å². The summed E-state index contributed by atoms with van der Waals surface area (Å²) in [7, 11) is 0. The van der Waals surface area contributed by atoms with Crippen LogP contribution >= 0.6 is 0 Å². The molecule has 0 bridgehead atoms. The highest BCUT2D eigenvalue weighted by molar-refractivity contribution is 5.71. The minimum Gasteiger partial charge on any atom is -0.462 e. The molecule has 0 rings (SSSR count). The summed E-state index contributed by atoms with van der Waals surface area (Å²) in [5.74, 6) is -0.993. The SMILES string of the molecule is CC/C=C\C/C=C\C/C=C\C/C=C\C/C=C\C/C=C\C/C=C\CCCCCCCCCCCC(=O)OCC(COC(=O)CC/C=C\C/C=C\C/C=C\C/C=C\CC)OC(=O)CCCCCCCCCCCCCCCC. The number of hydrogen-bond donors (Lipinski definition) is 0. The van der Waals surface area contributed by atoms with Crippen LogP contribution in [0.5, 0.6) is 0 Å². The summed E-state index contributed by atoms with van der Waals surface area (Å²) >= 11 is 0. The van der Waals surface area contributed by atoms with Gasteiger partial charge in [-0.2, -0.15) is 0 Å². The van der Waals surface area contributed by atoms with Gasteiger partial charge in [-0.3, -0.25) is 14.4 Å². The molecule has 0 aromatic carbocycles. The minimum absolute atomic E-state index is 0.104. The van der Waals surface area contributed by atoms with E-state index in [-0.39, 0.29) is 37.5 Å². The number of unbranched alkanes of at least 4 members (excludes halogenated alkanes) is 22. The van der Waals surface area contributed by atoms with E-state index in [4.69, 9.17) is 14.2 Å². The second-order valence-corrected chi connectivity index (χ2v) is 20.2. The Labute approximate surface area is 468 Å². The summed E-state index contributed by atoms with van der Waals surface area (Å²) in [5, 5.41) is 0. The third-order valence-corrected chi connectivity index (χ3v) is 12.9. The normalized spacial score (nSPS) is 13.0. The Balaban J connectivity index is 4.30. The van der Waals surface area contributed by atoms with Crippen LogP contribution < -0.4 is 0 Å². The molecule has 1 atom stereocenters. The Kier molecular flexibility index (Phi) is 59.4. The van der Waals surface area contributed by atoms with Gasteiger partial charge in [0.05, 0.1) is 0 Å². The van der Waals surface area contributed by atoms with Crippen LogP contribution in [0, 0.1) is 0 Å². The van der Waals surface area contributed by atoms with E-state index >= 15 is 0 Å². The molecule has 0 heterocycles. The van der Waals surface area contributed by atoms with Gasteiger partial charge in [-0.1, -0.05) is 283 Å². The number of carbonyl (C=O) groups excluding carboxylic acids is 3. The summed E-state index contributed by atoms with van der Waals surface area (Å²) in [6.07, 6.45) is 89.0. The molecule has 0 aromatic rings. The van der Waals surface area contributed by atoms with Crippen LogP contribution in [0.3, 0.4) is 0 Å². The van der Waals surface area contributed by atoms with Crippen molar-refractivity contribution in [1.82, 2.24) is 0 Å². The second-order valence-electron chi connectivity index (χ2n) is 20.2. The first-order chi connectivity index (χ1) is 37.5. The third-order valence-electron chi connectivity index (χ3n) is 12.9. The molecular weight excluding hydrogens is 937 g/mol. The Morgan fingerprint density at radius 2 is 0.539 bits per heavy atom. The highest BCUT2D eigenvalue weighted by Crippen LogP contribution is 2.16. The predicted octanol–water partition coefficient (Wildman–Crippen LogP) is 21.4. The van der Waals surface area contributed by atoms with Gasteiger partial charge in [-0.15, -0.1) is 0 Å². The zero-order valence-corrected chi connectivity index (χ0v) is 49.2. The number of carbonyl (C=O) groups is 3. The fourth-order valence-electron chi connectivity index (χ4n) is 8.32. The van der Waals surface area contributed by atoms with E-state index in [2.05, 4.69) is 148 Å². The molecular formula is C70H114O6. The number of rotatable bonds is 55. The molecule has 0 saturated heterocycles. The molecule has 0 aromatic heterocycles. The Bertz CT molecular complexity index is 1630. The van der Waals surface area contributed by atoms with Gasteiger partial charge in [0.2, 0.25) is 0 Å². The van der Waals surface area contributed by atoms with Crippen LogP contribution in [0.1, 0.15) is 271 Å².